The Labute approximate surface area is 210 Å². The quantitative estimate of drug-likeness (QED) is 0.646. The van der Waals surface area contributed by atoms with Crippen molar-refractivity contribution in [3.63, 3.8) is 0 Å². The number of nitriles is 1. The van der Waals surface area contributed by atoms with Gasteiger partial charge in [0, 0.05) is 69.7 Å². The molecule has 1 N–H and O–H groups in total. The van der Waals surface area contributed by atoms with Gasteiger partial charge in [0.2, 0.25) is 5.91 Å². The second-order valence-electron chi connectivity index (χ2n) is 9.58. The lowest BCUT2D eigenvalue weighted by molar-refractivity contribution is -0.137. The van der Waals surface area contributed by atoms with Crippen molar-refractivity contribution >= 4 is 17.3 Å². The van der Waals surface area contributed by atoms with E-state index in [1.165, 1.54) is 17.3 Å². The van der Waals surface area contributed by atoms with Crippen LogP contribution in [0.15, 0.2) is 42.5 Å². The minimum Gasteiger partial charge on any atom is -0.371 e. The molecular weight excluding hydrogens is 467 g/mol. The lowest BCUT2D eigenvalue weighted by atomic mass is 10.0. The van der Waals surface area contributed by atoms with E-state index >= 15 is 0 Å². The molecule has 2 heterocycles. The predicted octanol–water partition coefficient (Wildman–Crippen LogP) is 4.18. The van der Waals surface area contributed by atoms with E-state index in [2.05, 4.69) is 46.3 Å². The third kappa shape index (κ3) is 6.49. The Balaban J connectivity index is 1.19. The molecule has 0 unspecified atom stereocenters. The average Bonchev–Trinajstić information content (AvgIpc) is 2.88. The third-order valence-electron chi connectivity index (χ3n) is 7.08. The Morgan fingerprint density at radius 2 is 1.58 bits per heavy atom. The molecule has 2 aromatic rings. The topological polar surface area (TPSA) is 62.6 Å². The van der Waals surface area contributed by atoms with Crippen LogP contribution < -0.4 is 15.1 Å². The lowest BCUT2D eigenvalue weighted by Gasteiger charge is -2.36. The van der Waals surface area contributed by atoms with Crippen molar-refractivity contribution in [1.82, 2.24) is 10.2 Å². The van der Waals surface area contributed by atoms with Gasteiger partial charge in [0.15, 0.2) is 0 Å². The number of carbonyl (C=O) groups excluding carboxylic acids is 1. The highest BCUT2D eigenvalue weighted by atomic mass is 19.4. The Kier molecular flexibility index (Phi) is 8.04. The van der Waals surface area contributed by atoms with Gasteiger partial charge in [-0.2, -0.15) is 18.4 Å². The maximum Gasteiger partial charge on any atom is 0.417 e. The van der Waals surface area contributed by atoms with Crippen molar-refractivity contribution in [2.75, 3.05) is 55.6 Å². The zero-order chi connectivity index (χ0) is 25.7. The number of benzene rings is 2. The molecule has 2 aliphatic rings. The van der Waals surface area contributed by atoms with Crippen molar-refractivity contribution in [1.29, 1.82) is 5.26 Å². The zero-order valence-corrected chi connectivity index (χ0v) is 20.5. The number of amides is 1. The van der Waals surface area contributed by atoms with Crippen molar-refractivity contribution in [2.24, 2.45) is 0 Å². The summed E-state index contributed by atoms with van der Waals surface area (Å²) < 4.78 is 39.8. The van der Waals surface area contributed by atoms with Gasteiger partial charge in [0.25, 0.3) is 0 Å². The van der Waals surface area contributed by atoms with E-state index in [-0.39, 0.29) is 17.5 Å². The normalized spacial score (nSPS) is 17.6. The summed E-state index contributed by atoms with van der Waals surface area (Å²) in [7, 11) is 0. The van der Waals surface area contributed by atoms with Gasteiger partial charge in [-0.3, -0.25) is 9.69 Å². The average molecular weight is 500 g/mol. The van der Waals surface area contributed by atoms with Crippen molar-refractivity contribution in [3.05, 3.63) is 59.2 Å². The van der Waals surface area contributed by atoms with Crippen LogP contribution in [0.1, 0.15) is 36.0 Å². The molecule has 2 saturated heterocycles. The van der Waals surface area contributed by atoms with Crippen molar-refractivity contribution in [2.45, 2.75) is 38.4 Å². The molecule has 6 nitrogen and oxygen atoms in total. The number of carbonyl (C=O) groups is 1. The number of halogens is 3. The van der Waals surface area contributed by atoms with Crippen LogP contribution in [0.25, 0.3) is 0 Å². The van der Waals surface area contributed by atoms with Crippen molar-refractivity contribution < 1.29 is 18.0 Å². The second kappa shape index (κ2) is 11.2. The maximum absolute atomic E-state index is 13.3. The van der Waals surface area contributed by atoms with Crippen LogP contribution in [-0.2, 0) is 11.0 Å². The van der Waals surface area contributed by atoms with E-state index in [1.54, 1.807) is 12.1 Å². The number of piperazine rings is 1. The number of nitrogens with zero attached hydrogens (tertiary/aromatic N) is 4. The third-order valence-corrected chi connectivity index (χ3v) is 7.08. The lowest BCUT2D eigenvalue weighted by Crippen LogP contribution is -2.48. The first-order valence-electron chi connectivity index (χ1n) is 12.4. The summed E-state index contributed by atoms with van der Waals surface area (Å²) >= 11 is 0. The van der Waals surface area contributed by atoms with Gasteiger partial charge in [-0.15, -0.1) is 0 Å². The Morgan fingerprint density at radius 1 is 0.972 bits per heavy atom. The molecule has 4 rings (SSSR count). The molecule has 0 aromatic heterocycles. The van der Waals surface area contributed by atoms with Gasteiger partial charge in [-0.25, -0.2) is 0 Å². The van der Waals surface area contributed by atoms with Crippen molar-refractivity contribution in [3.8, 4) is 6.07 Å². The maximum atomic E-state index is 13.3. The summed E-state index contributed by atoms with van der Waals surface area (Å²) in [5.74, 6) is 0.0205. The summed E-state index contributed by atoms with van der Waals surface area (Å²) in [6.07, 6.45) is -2.79. The number of nitrogens with one attached hydrogen (secondary N) is 1. The van der Waals surface area contributed by atoms with E-state index in [4.69, 9.17) is 5.26 Å². The van der Waals surface area contributed by atoms with Gasteiger partial charge in [-0.1, -0.05) is 17.7 Å². The summed E-state index contributed by atoms with van der Waals surface area (Å²) in [5.41, 5.74) is 1.66. The molecule has 1 amide bonds. The molecule has 9 heteroatoms. The molecule has 0 atom stereocenters. The van der Waals surface area contributed by atoms with E-state index in [1.807, 2.05) is 4.90 Å². The highest BCUT2D eigenvalue weighted by Crippen LogP contribution is 2.35. The Bertz CT molecular complexity index is 1080. The van der Waals surface area contributed by atoms with E-state index in [9.17, 15) is 18.0 Å². The highest BCUT2D eigenvalue weighted by Gasteiger charge is 2.34. The van der Waals surface area contributed by atoms with Gasteiger partial charge in [0.05, 0.1) is 17.2 Å². The molecule has 0 spiro atoms. The number of aryl methyl sites for hydroxylation is 1. The number of anilines is 2. The Morgan fingerprint density at radius 3 is 2.19 bits per heavy atom. The fraction of sp³-hybridized carbons (Fsp3) is 0.481. The van der Waals surface area contributed by atoms with Gasteiger partial charge in [0.1, 0.15) is 0 Å². The number of piperidine rings is 1. The van der Waals surface area contributed by atoms with Crippen LogP contribution in [0, 0.1) is 18.3 Å². The van der Waals surface area contributed by atoms with Crippen LogP contribution in [0.5, 0.6) is 0 Å². The second-order valence-corrected chi connectivity index (χ2v) is 9.58. The highest BCUT2D eigenvalue weighted by molar-refractivity contribution is 5.76. The predicted molar refractivity (Wildman–Crippen MR) is 134 cm³/mol. The first kappa shape index (κ1) is 25.8. The SMILES string of the molecule is Cc1ccc(N2CCN(CCC(=O)NC3CCN(c4ccc(C#N)c(C(F)(F)F)c4)CC3)CC2)cc1. The van der Waals surface area contributed by atoms with E-state index in [0.29, 0.717) is 38.0 Å². The molecule has 0 bridgehead atoms. The van der Waals surface area contributed by atoms with Crippen LogP contribution >= 0.6 is 0 Å². The number of alkyl halides is 3. The summed E-state index contributed by atoms with van der Waals surface area (Å²) in [4.78, 5) is 19.1. The van der Waals surface area contributed by atoms with E-state index in [0.717, 1.165) is 38.8 Å². The van der Waals surface area contributed by atoms with Crippen LogP contribution in [0.2, 0.25) is 0 Å². The fourth-order valence-corrected chi connectivity index (χ4v) is 4.89. The number of hydrogen-bond acceptors (Lipinski definition) is 5. The molecule has 2 aromatic carbocycles. The molecular formula is C27H32F3N5O. The summed E-state index contributed by atoms with van der Waals surface area (Å²) in [6, 6.07) is 14.0. The molecule has 0 saturated carbocycles. The molecule has 2 aliphatic heterocycles. The molecule has 2 fully saturated rings. The van der Waals surface area contributed by atoms with Crippen LogP contribution in [0.3, 0.4) is 0 Å². The van der Waals surface area contributed by atoms with Gasteiger partial charge in [-0.05, 0) is 50.1 Å². The minimum absolute atomic E-state index is 0.0205. The first-order chi connectivity index (χ1) is 17.2. The molecule has 36 heavy (non-hydrogen) atoms. The summed E-state index contributed by atoms with van der Waals surface area (Å²) in [6.45, 7) is 7.62. The molecule has 192 valence electrons. The van der Waals surface area contributed by atoms with Crippen LogP contribution in [0.4, 0.5) is 24.5 Å². The van der Waals surface area contributed by atoms with E-state index < -0.39 is 11.7 Å². The summed E-state index contributed by atoms with van der Waals surface area (Å²) in [5, 5.41) is 12.1. The molecule has 0 aliphatic carbocycles. The fourth-order valence-electron chi connectivity index (χ4n) is 4.89. The smallest absolute Gasteiger partial charge is 0.371 e. The first-order valence-corrected chi connectivity index (χ1v) is 12.4. The van der Waals surface area contributed by atoms with Gasteiger partial charge < -0.3 is 15.1 Å². The Hall–Kier alpha value is -3.25. The zero-order valence-electron chi connectivity index (χ0n) is 20.5. The molecule has 0 radical (unpaired) electrons. The monoisotopic (exact) mass is 499 g/mol. The van der Waals surface area contributed by atoms with Gasteiger partial charge >= 0.3 is 6.18 Å². The number of hydrogen-bond donors (Lipinski definition) is 1. The standard InChI is InChI=1S/C27H32F3N5O/c1-20-2-5-23(6-3-20)35-16-14-33(15-17-35)11-10-26(36)32-22-8-12-34(13-9-22)24-7-4-21(19-31)25(18-24)27(28,29)30/h2-7,18,22H,8-17H2,1H3,(H,32,36). The minimum atomic E-state index is -4.57. The van der Waals surface area contributed by atoms with Crippen LogP contribution in [-0.4, -0.2) is 62.7 Å². The largest absolute Gasteiger partial charge is 0.417 e. The number of rotatable bonds is 6.